The molecule has 0 bridgehead atoms. The summed E-state index contributed by atoms with van der Waals surface area (Å²) in [5.41, 5.74) is -0.0335. The van der Waals surface area contributed by atoms with E-state index in [0.29, 0.717) is 5.57 Å². The second kappa shape index (κ2) is 6.35. The molecular weight excluding hydrogens is 230 g/mol. The van der Waals surface area contributed by atoms with E-state index in [1.54, 1.807) is 34.0 Å². The van der Waals surface area contributed by atoms with Gasteiger partial charge in [-0.05, 0) is 39.5 Å². The summed E-state index contributed by atoms with van der Waals surface area (Å²) in [6.07, 6.45) is 1.69. The molecule has 0 atom stereocenters. The van der Waals surface area contributed by atoms with E-state index in [2.05, 4.69) is 30.5 Å². The second-order valence-electron chi connectivity index (χ2n) is 4.06. The van der Waals surface area contributed by atoms with E-state index in [-0.39, 0.29) is 4.91 Å². The molecule has 0 aromatic rings. The second-order valence-corrected chi connectivity index (χ2v) is 5.76. The molecule has 0 rings (SSSR count). The lowest BCUT2D eigenvalue weighted by Crippen LogP contribution is -2.41. The first-order chi connectivity index (χ1) is 6.56. The molecule has 3 nitrogen and oxygen atoms in total. The number of hydrogen-bond acceptors (Lipinski definition) is 3. The number of allylic oxidation sites excluding steroid dienone is 1. The van der Waals surface area contributed by atoms with E-state index in [4.69, 9.17) is 0 Å². The molecule has 0 aliphatic rings. The van der Waals surface area contributed by atoms with E-state index in [9.17, 15) is 8.42 Å². The van der Waals surface area contributed by atoms with Crippen molar-refractivity contribution in [1.82, 2.24) is 4.72 Å². The lowest BCUT2D eigenvalue weighted by Gasteiger charge is -2.21. The van der Waals surface area contributed by atoms with Gasteiger partial charge in [-0.1, -0.05) is 13.2 Å². The number of nitrogens with one attached hydrogen (secondary N) is 1. The van der Waals surface area contributed by atoms with Crippen molar-refractivity contribution in [3.63, 3.8) is 0 Å². The highest BCUT2D eigenvalue weighted by atomic mass is 32.2. The molecule has 15 heavy (non-hydrogen) atoms. The van der Waals surface area contributed by atoms with Crippen LogP contribution in [0.1, 0.15) is 27.7 Å². The average molecular weight is 251 g/mol. The van der Waals surface area contributed by atoms with Crippen molar-refractivity contribution in [2.24, 2.45) is 0 Å². The summed E-state index contributed by atoms with van der Waals surface area (Å²) in [7, 11) is -3.46. The monoisotopic (exact) mass is 251 g/mol. The summed E-state index contributed by atoms with van der Waals surface area (Å²) in [6, 6.07) is 0. The van der Waals surface area contributed by atoms with Crippen molar-refractivity contribution in [2.75, 3.05) is 6.26 Å². The van der Waals surface area contributed by atoms with Crippen LogP contribution in [0.3, 0.4) is 0 Å². The van der Waals surface area contributed by atoms with Gasteiger partial charge < -0.3 is 0 Å². The number of hydrogen-bond donors (Lipinski definition) is 2. The van der Waals surface area contributed by atoms with Gasteiger partial charge >= 0.3 is 0 Å². The zero-order chi connectivity index (χ0) is 12.9. The Morgan fingerprint density at radius 1 is 1.20 bits per heavy atom. The fourth-order valence-electron chi connectivity index (χ4n) is 0.694. The first kappa shape index (κ1) is 17.1. The van der Waals surface area contributed by atoms with E-state index >= 15 is 0 Å². The molecule has 1 N–H and O–H groups in total. The Kier molecular flexibility index (Phi) is 7.26. The molecule has 0 heterocycles. The van der Waals surface area contributed by atoms with Crippen molar-refractivity contribution >= 4 is 22.7 Å². The largest absolute Gasteiger partial charge is 0.240 e. The van der Waals surface area contributed by atoms with Crippen LogP contribution in [0, 0.1) is 0 Å². The van der Waals surface area contributed by atoms with E-state index < -0.39 is 15.6 Å². The molecule has 0 saturated heterocycles. The fraction of sp³-hybridized carbons (Fsp3) is 0.600. The number of sulfonamides is 1. The van der Waals surface area contributed by atoms with Gasteiger partial charge in [-0.15, -0.1) is 0 Å². The van der Waals surface area contributed by atoms with Crippen molar-refractivity contribution in [3.05, 3.63) is 23.6 Å². The summed E-state index contributed by atoms with van der Waals surface area (Å²) in [6.45, 7) is 13.9. The van der Waals surface area contributed by atoms with Gasteiger partial charge in [0.1, 0.15) is 0 Å². The SMILES string of the molecule is C=C(C)C(=C)S(=O)(=O)NC(C)(C)C.CS. The van der Waals surface area contributed by atoms with Gasteiger partial charge in [-0.2, -0.15) is 12.6 Å². The third-order valence-corrected chi connectivity index (χ3v) is 3.12. The molecule has 0 aromatic heterocycles. The molecule has 0 spiro atoms. The van der Waals surface area contributed by atoms with Crippen LogP contribution in [0.4, 0.5) is 0 Å². The van der Waals surface area contributed by atoms with Crippen LogP contribution in [0.2, 0.25) is 0 Å². The van der Waals surface area contributed by atoms with Crippen LogP contribution in [0.25, 0.3) is 0 Å². The third-order valence-electron chi connectivity index (χ3n) is 1.24. The van der Waals surface area contributed by atoms with Gasteiger partial charge in [0.2, 0.25) is 10.0 Å². The maximum absolute atomic E-state index is 11.5. The first-order valence-electron chi connectivity index (χ1n) is 4.40. The van der Waals surface area contributed by atoms with Crippen molar-refractivity contribution in [1.29, 1.82) is 0 Å². The van der Waals surface area contributed by atoms with Gasteiger partial charge in [0.25, 0.3) is 0 Å². The molecule has 0 saturated carbocycles. The van der Waals surface area contributed by atoms with Gasteiger partial charge in [0.15, 0.2) is 0 Å². The summed E-state index contributed by atoms with van der Waals surface area (Å²) >= 11 is 3.53. The minimum atomic E-state index is -3.46. The van der Waals surface area contributed by atoms with Crippen molar-refractivity contribution in [3.8, 4) is 0 Å². The molecule has 0 fully saturated rings. The third kappa shape index (κ3) is 7.64. The van der Waals surface area contributed by atoms with E-state index in [1.165, 1.54) is 0 Å². The Morgan fingerprint density at radius 3 is 1.73 bits per heavy atom. The zero-order valence-corrected chi connectivity index (χ0v) is 11.8. The Balaban J connectivity index is 0. The summed E-state index contributed by atoms with van der Waals surface area (Å²) in [5, 5.41) is 0. The first-order valence-corrected chi connectivity index (χ1v) is 6.77. The maximum atomic E-state index is 11.5. The molecule has 5 heteroatoms. The lowest BCUT2D eigenvalue weighted by molar-refractivity contribution is 0.495. The maximum Gasteiger partial charge on any atom is 0.240 e. The van der Waals surface area contributed by atoms with Crippen LogP contribution in [-0.2, 0) is 10.0 Å². The fourth-order valence-corrected chi connectivity index (χ4v) is 2.08. The summed E-state index contributed by atoms with van der Waals surface area (Å²) in [4.78, 5) is 0.0439. The van der Waals surface area contributed by atoms with Crippen LogP contribution in [0.5, 0.6) is 0 Å². The predicted molar refractivity (Wildman–Crippen MR) is 70.7 cm³/mol. The van der Waals surface area contributed by atoms with E-state index in [0.717, 1.165) is 0 Å². The normalized spacial score (nSPS) is 11.3. The highest BCUT2D eigenvalue weighted by Gasteiger charge is 2.22. The van der Waals surface area contributed by atoms with Crippen LogP contribution in [-0.4, -0.2) is 20.2 Å². The van der Waals surface area contributed by atoms with Gasteiger partial charge in [0.05, 0.1) is 4.91 Å². The van der Waals surface area contributed by atoms with Crippen molar-refractivity contribution < 1.29 is 8.42 Å². The molecule has 0 aliphatic carbocycles. The van der Waals surface area contributed by atoms with E-state index in [1.807, 2.05) is 0 Å². The van der Waals surface area contributed by atoms with Crippen LogP contribution < -0.4 is 4.72 Å². The number of thiol groups is 1. The molecule has 90 valence electrons. The van der Waals surface area contributed by atoms with Crippen molar-refractivity contribution in [2.45, 2.75) is 33.2 Å². The zero-order valence-electron chi connectivity index (χ0n) is 10.1. The molecular formula is C10H21NO2S2. The van der Waals surface area contributed by atoms with Gasteiger partial charge in [-0.3, -0.25) is 0 Å². The Morgan fingerprint density at radius 2 is 1.53 bits per heavy atom. The molecule has 0 aliphatic heterocycles. The average Bonchev–Trinajstić information content (AvgIpc) is 2.02. The summed E-state index contributed by atoms with van der Waals surface area (Å²) in [5.74, 6) is 0. The molecule has 0 aromatic carbocycles. The van der Waals surface area contributed by atoms with Crippen LogP contribution >= 0.6 is 12.6 Å². The minimum absolute atomic E-state index is 0.0439. The molecule has 0 amide bonds. The highest BCUT2D eigenvalue weighted by Crippen LogP contribution is 2.14. The Labute approximate surface area is 99.1 Å². The Hall–Kier alpha value is -0.260. The summed E-state index contributed by atoms with van der Waals surface area (Å²) < 4.78 is 25.5. The smallest absolute Gasteiger partial charge is 0.207 e. The lowest BCUT2D eigenvalue weighted by atomic mass is 10.1. The van der Waals surface area contributed by atoms with Gasteiger partial charge in [0, 0.05) is 5.54 Å². The quantitative estimate of drug-likeness (QED) is 0.597. The molecule has 0 unspecified atom stereocenters. The Bertz CT molecular complexity index is 324. The minimum Gasteiger partial charge on any atom is -0.207 e. The predicted octanol–water partition coefficient (Wildman–Crippen LogP) is 2.34. The van der Waals surface area contributed by atoms with Gasteiger partial charge in [-0.25, -0.2) is 13.1 Å². The standard InChI is InChI=1S/C9H17NO2S.CH4S/c1-7(2)8(3)13(11,12)10-9(4,5)6;1-2/h10H,1,3H2,2,4-6H3;2H,1H3. The molecule has 0 radical (unpaired) electrons. The number of rotatable bonds is 3. The highest BCUT2D eigenvalue weighted by molar-refractivity contribution is 7.93. The van der Waals surface area contributed by atoms with Crippen LogP contribution in [0.15, 0.2) is 23.6 Å². The topological polar surface area (TPSA) is 46.2 Å².